The van der Waals surface area contributed by atoms with E-state index in [2.05, 4.69) is 5.32 Å². The van der Waals surface area contributed by atoms with Gasteiger partial charge in [-0.25, -0.2) is 8.42 Å². The highest BCUT2D eigenvalue weighted by Gasteiger charge is 2.33. The van der Waals surface area contributed by atoms with Gasteiger partial charge in [-0.3, -0.25) is 13.9 Å². The summed E-state index contributed by atoms with van der Waals surface area (Å²) in [5.41, 5.74) is 0.819. The van der Waals surface area contributed by atoms with Crippen LogP contribution in [-0.2, 0) is 26.2 Å². The third-order valence-corrected chi connectivity index (χ3v) is 8.88. The van der Waals surface area contributed by atoms with Crippen molar-refractivity contribution in [3.63, 3.8) is 0 Å². The maximum absolute atomic E-state index is 14.0. The Labute approximate surface area is 245 Å². The van der Waals surface area contributed by atoms with E-state index in [0.717, 1.165) is 4.31 Å². The van der Waals surface area contributed by atoms with E-state index >= 15 is 0 Å². The highest BCUT2D eigenvalue weighted by molar-refractivity contribution is 7.92. The molecule has 0 spiro atoms. The molecule has 0 fully saturated rings. The molecule has 3 aromatic carbocycles. The largest absolute Gasteiger partial charge is 0.497 e. The van der Waals surface area contributed by atoms with Gasteiger partial charge in [0.15, 0.2) is 0 Å². The molecule has 2 amide bonds. The van der Waals surface area contributed by atoms with Crippen LogP contribution < -0.4 is 14.4 Å². The molecule has 2 atom stereocenters. The van der Waals surface area contributed by atoms with Crippen molar-refractivity contribution in [3.8, 4) is 5.75 Å². The fraction of sp³-hybridized carbons (Fsp3) is 0.310. The van der Waals surface area contributed by atoms with Crippen LogP contribution in [0.5, 0.6) is 5.75 Å². The molecule has 0 aliphatic carbocycles. The number of anilines is 1. The van der Waals surface area contributed by atoms with E-state index in [9.17, 15) is 18.0 Å². The molecule has 0 heterocycles. The van der Waals surface area contributed by atoms with Crippen LogP contribution in [0.4, 0.5) is 5.69 Å². The molecule has 3 rings (SSSR count). The maximum atomic E-state index is 14.0. The van der Waals surface area contributed by atoms with Crippen LogP contribution in [-0.4, -0.2) is 50.9 Å². The number of sulfonamides is 1. The van der Waals surface area contributed by atoms with Crippen LogP contribution in [0.1, 0.15) is 32.8 Å². The summed E-state index contributed by atoms with van der Waals surface area (Å²) in [5.74, 6) is -0.470. The van der Waals surface area contributed by atoms with Crippen molar-refractivity contribution in [1.82, 2.24) is 10.2 Å². The van der Waals surface area contributed by atoms with Crippen molar-refractivity contribution in [2.75, 3.05) is 18.0 Å². The van der Waals surface area contributed by atoms with E-state index in [1.54, 1.807) is 49.4 Å². The standard InChI is InChI=1S/C29H33Cl2N3O5S/c1-5-20(2)32-29(36)21(3)33(18-22-9-6-7-12-27(22)31)28(35)19-34(24-11-8-10-23(30)17-24)40(37,38)26-15-13-25(39-4)14-16-26/h6-17,20-21H,5,18-19H2,1-4H3,(H,32,36)/t20-,21-/m0/s1. The number of hydrogen-bond donors (Lipinski definition) is 1. The molecule has 0 bridgehead atoms. The molecule has 1 N–H and O–H groups in total. The van der Waals surface area contributed by atoms with E-state index in [0.29, 0.717) is 27.8 Å². The van der Waals surface area contributed by atoms with Gasteiger partial charge in [0, 0.05) is 22.6 Å². The van der Waals surface area contributed by atoms with Gasteiger partial charge in [-0.1, -0.05) is 54.4 Å². The lowest BCUT2D eigenvalue weighted by molar-refractivity contribution is -0.139. The van der Waals surface area contributed by atoms with Crippen molar-refractivity contribution >= 4 is 50.7 Å². The highest BCUT2D eigenvalue weighted by atomic mass is 35.5. The molecule has 0 saturated heterocycles. The van der Waals surface area contributed by atoms with E-state index in [1.807, 2.05) is 13.8 Å². The number of ether oxygens (including phenoxy) is 1. The second-order valence-electron chi connectivity index (χ2n) is 9.27. The first-order chi connectivity index (χ1) is 19.0. The first-order valence-corrected chi connectivity index (χ1v) is 14.9. The van der Waals surface area contributed by atoms with E-state index in [1.165, 1.54) is 42.3 Å². The number of rotatable bonds is 12. The quantitative estimate of drug-likeness (QED) is 0.293. The zero-order valence-corrected chi connectivity index (χ0v) is 25.1. The van der Waals surface area contributed by atoms with Crippen LogP contribution in [0.2, 0.25) is 10.0 Å². The molecule has 214 valence electrons. The zero-order valence-electron chi connectivity index (χ0n) is 22.8. The zero-order chi connectivity index (χ0) is 29.4. The molecular formula is C29H33Cl2N3O5S. The van der Waals surface area contributed by atoms with Gasteiger partial charge >= 0.3 is 0 Å². The molecule has 0 saturated carbocycles. The average Bonchev–Trinajstić information content (AvgIpc) is 2.94. The fourth-order valence-electron chi connectivity index (χ4n) is 3.89. The number of carbonyl (C=O) groups excluding carboxylic acids is 2. The summed E-state index contributed by atoms with van der Waals surface area (Å²) >= 11 is 12.6. The number of carbonyl (C=O) groups is 2. The van der Waals surface area contributed by atoms with Crippen LogP contribution in [0.3, 0.4) is 0 Å². The lowest BCUT2D eigenvalue weighted by Gasteiger charge is -2.32. The molecular weight excluding hydrogens is 573 g/mol. The number of nitrogens with zero attached hydrogens (tertiary/aromatic N) is 2. The molecule has 0 aromatic heterocycles. The Balaban J connectivity index is 2.04. The van der Waals surface area contributed by atoms with Gasteiger partial charge in [-0.15, -0.1) is 0 Å². The topological polar surface area (TPSA) is 96.0 Å². The van der Waals surface area contributed by atoms with Gasteiger partial charge in [0.05, 0.1) is 17.7 Å². The lowest BCUT2D eigenvalue weighted by atomic mass is 10.1. The summed E-state index contributed by atoms with van der Waals surface area (Å²) in [6, 6.07) is 18.0. The second kappa shape index (κ2) is 13.9. The van der Waals surface area contributed by atoms with Crippen molar-refractivity contribution in [2.24, 2.45) is 0 Å². The van der Waals surface area contributed by atoms with E-state index in [-0.39, 0.29) is 29.1 Å². The third-order valence-electron chi connectivity index (χ3n) is 6.49. The normalized spacial score (nSPS) is 12.8. The van der Waals surface area contributed by atoms with Gasteiger partial charge < -0.3 is 15.0 Å². The lowest BCUT2D eigenvalue weighted by Crippen LogP contribution is -2.52. The summed E-state index contributed by atoms with van der Waals surface area (Å²) in [6.07, 6.45) is 0.708. The van der Waals surface area contributed by atoms with Crippen molar-refractivity contribution in [3.05, 3.63) is 88.4 Å². The highest BCUT2D eigenvalue weighted by Crippen LogP contribution is 2.28. The predicted molar refractivity (Wildman–Crippen MR) is 158 cm³/mol. The molecule has 0 aliphatic heterocycles. The number of halogens is 2. The average molecular weight is 607 g/mol. The predicted octanol–water partition coefficient (Wildman–Crippen LogP) is 5.53. The summed E-state index contributed by atoms with van der Waals surface area (Å²) in [6.45, 7) is 4.83. The SMILES string of the molecule is CC[C@H](C)NC(=O)[C@H](C)N(Cc1ccccc1Cl)C(=O)CN(c1cccc(Cl)c1)S(=O)(=O)c1ccc(OC)cc1. The van der Waals surface area contributed by atoms with Crippen molar-refractivity contribution in [2.45, 2.75) is 50.7 Å². The van der Waals surface area contributed by atoms with Gasteiger partial charge in [0.25, 0.3) is 10.0 Å². The monoisotopic (exact) mass is 605 g/mol. The molecule has 0 unspecified atom stereocenters. The Morgan fingerprint density at radius 2 is 1.65 bits per heavy atom. The summed E-state index contributed by atoms with van der Waals surface area (Å²) < 4.78 is 33.9. The Bertz CT molecular complexity index is 1430. The molecule has 3 aromatic rings. The number of methoxy groups -OCH3 is 1. The minimum Gasteiger partial charge on any atom is -0.497 e. The summed E-state index contributed by atoms with van der Waals surface area (Å²) in [7, 11) is -2.75. The van der Waals surface area contributed by atoms with Gasteiger partial charge in [0.1, 0.15) is 18.3 Å². The number of benzene rings is 3. The van der Waals surface area contributed by atoms with Gasteiger partial charge in [0.2, 0.25) is 11.8 Å². The molecule has 11 heteroatoms. The van der Waals surface area contributed by atoms with E-state index < -0.39 is 28.5 Å². The van der Waals surface area contributed by atoms with Crippen molar-refractivity contribution in [1.29, 1.82) is 0 Å². The summed E-state index contributed by atoms with van der Waals surface area (Å²) in [5, 5.41) is 3.62. The minimum absolute atomic E-state index is 0.000428. The Hall–Kier alpha value is -3.27. The molecule has 0 aliphatic rings. The van der Waals surface area contributed by atoms with Crippen LogP contribution in [0.25, 0.3) is 0 Å². The smallest absolute Gasteiger partial charge is 0.264 e. The van der Waals surface area contributed by atoms with Crippen molar-refractivity contribution < 1.29 is 22.7 Å². The van der Waals surface area contributed by atoms with Gasteiger partial charge in [-0.2, -0.15) is 0 Å². The minimum atomic E-state index is -4.23. The Morgan fingerprint density at radius 1 is 0.975 bits per heavy atom. The van der Waals surface area contributed by atoms with Crippen LogP contribution >= 0.6 is 23.2 Å². The number of amides is 2. The first-order valence-electron chi connectivity index (χ1n) is 12.7. The molecule has 40 heavy (non-hydrogen) atoms. The van der Waals surface area contributed by atoms with Crippen LogP contribution in [0, 0.1) is 0 Å². The van der Waals surface area contributed by atoms with Gasteiger partial charge in [-0.05, 0) is 74.4 Å². The maximum Gasteiger partial charge on any atom is 0.264 e. The molecule has 8 nitrogen and oxygen atoms in total. The second-order valence-corrected chi connectivity index (χ2v) is 12.0. The van der Waals surface area contributed by atoms with E-state index in [4.69, 9.17) is 27.9 Å². The fourth-order valence-corrected chi connectivity index (χ4v) is 5.68. The molecule has 0 radical (unpaired) electrons. The first kappa shape index (κ1) is 31.3. The van der Waals surface area contributed by atoms with Crippen LogP contribution in [0.15, 0.2) is 77.7 Å². The number of nitrogens with one attached hydrogen (secondary N) is 1. The number of hydrogen-bond acceptors (Lipinski definition) is 5. The summed E-state index contributed by atoms with van der Waals surface area (Å²) in [4.78, 5) is 28.4. The Morgan fingerprint density at radius 3 is 2.25 bits per heavy atom. The third kappa shape index (κ3) is 7.68. The Kier molecular flexibility index (Phi) is 10.8.